The number of rotatable bonds is 6. The van der Waals surface area contributed by atoms with Gasteiger partial charge in [0.25, 0.3) is 0 Å². The van der Waals surface area contributed by atoms with Crippen LogP contribution in [-0.4, -0.2) is 26.9 Å². The minimum Gasteiger partial charge on any atom is -0.454 e. The first-order valence-electron chi connectivity index (χ1n) is 7.29. The Hall–Kier alpha value is -1.61. The molecule has 0 unspecified atom stereocenters. The van der Waals surface area contributed by atoms with Gasteiger partial charge < -0.3 is 14.6 Å². The fraction of sp³-hybridized carbons (Fsp3) is 0.250. The second kappa shape index (κ2) is 7.10. The number of nitrogens with one attached hydrogen (secondary N) is 1. The zero-order valence-electron chi connectivity index (χ0n) is 12.6. The fourth-order valence-electron chi connectivity index (χ4n) is 2.36. The van der Waals surface area contributed by atoms with Crippen LogP contribution in [0.2, 0.25) is 0 Å². The van der Waals surface area contributed by atoms with Gasteiger partial charge in [0.15, 0.2) is 11.5 Å². The molecule has 24 heavy (non-hydrogen) atoms. The maximum absolute atomic E-state index is 12.3. The van der Waals surface area contributed by atoms with Crippen LogP contribution in [0.4, 0.5) is 0 Å². The predicted molar refractivity (Wildman–Crippen MR) is 91.5 cm³/mol. The van der Waals surface area contributed by atoms with Crippen LogP contribution in [0.3, 0.4) is 0 Å². The highest BCUT2D eigenvalue weighted by molar-refractivity contribution is 9.10. The number of benzene rings is 2. The van der Waals surface area contributed by atoms with E-state index >= 15 is 0 Å². The van der Waals surface area contributed by atoms with E-state index in [-0.39, 0.29) is 24.7 Å². The van der Waals surface area contributed by atoms with Crippen molar-refractivity contribution in [1.82, 2.24) is 4.72 Å². The van der Waals surface area contributed by atoms with E-state index in [0.29, 0.717) is 21.5 Å². The molecule has 128 valence electrons. The van der Waals surface area contributed by atoms with Crippen LogP contribution in [0.5, 0.6) is 11.5 Å². The van der Waals surface area contributed by atoms with Gasteiger partial charge in [-0.25, -0.2) is 13.1 Å². The van der Waals surface area contributed by atoms with E-state index in [0.717, 1.165) is 0 Å². The van der Waals surface area contributed by atoms with Crippen molar-refractivity contribution in [2.75, 3.05) is 13.3 Å². The first-order chi connectivity index (χ1) is 11.5. The average Bonchev–Trinajstić information content (AvgIpc) is 3.02. The van der Waals surface area contributed by atoms with Crippen molar-refractivity contribution in [2.45, 2.75) is 17.4 Å². The van der Waals surface area contributed by atoms with Crippen LogP contribution in [0.25, 0.3) is 0 Å². The summed E-state index contributed by atoms with van der Waals surface area (Å²) in [6.07, 6.45) is -0.565. The summed E-state index contributed by atoms with van der Waals surface area (Å²) >= 11 is 3.22. The topological polar surface area (TPSA) is 84.9 Å². The molecule has 8 heteroatoms. The van der Waals surface area contributed by atoms with E-state index in [1.54, 1.807) is 36.4 Å². The molecule has 0 aromatic heterocycles. The van der Waals surface area contributed by atoms with Crippen molar-refractivity contribution in [1.29, 1.82) is 0 Å². The maximum Gasteiger partial charge on any atom is 0.241 e. The molecule has 0 bridgehead atoms. The van der Waals surface area contributed by atoms with Gasteiger partial charge in [-0.05, 0) is 52.2 Å². The Bertz CT molecular complexity index is 840. The Morgan fingerprint density at radius 3 is 2.71 bits per heavy atom. The second-order valence-electron chi connectivity index (χ2n) is 5.25. The molecule has 1 aliphatic heterocycles. The molecular weight excluding hydrogens is 398 g/mol. The molecule has 0 radical (unpaired) electrons. The molecule has 1 aliphatic rings. The molecule has 0 spiro atoms. The molecular formula is C16H16BrNO5S. The molecule has 0 saturated heterocycles. The number of sulfonamides is 1. The lowest BCUT2D eigenvalue weighted by molar-refractivity contribution is 0.166. The standard InChI is InChI=1S/C16H16BrNO5S/c17-12-3-1-2-4-16(12)24(20,21)18-8-7-13(19)11-5-6-14-15(9-11)23-10-22-14/h1-6,9,13,18-19H,7-8,10H2/t13-/m1/s1. The molecule has 0 saturated carbocycles. The number of hydrogen-bond acceptors (Lipinski definition) is 5. The van der Waals surface area contributed by atoms with Gasteiger partial charge in [0.1, 0.15) is 0 Å². The van der Waals surface area contributed by atoms with Gasteiger partial charge in [0, 0.05) is 11.0 Å². The van der Waals surface area contributed by atoms with Gasteiger partial charge in [-0.1, -0.05) is 18.2 Å². The second-order valence-corrected chi connectivity index (χ2v) is 7.84. The molecule has 2 N–H and O–H groups in total. The SMILES string of the molecule is O=S(=O)(NCC[C@@H](O)c1ccc2c(c1)OCO2)c1ccccc1Br. The zero-order valence-corrected chi connectivity index (χ0v) is 15.0. The lowest BCUT2D eigenvalue weighted by atomic mass is 10.1. The molecule has 1 atom stereocenters. The first kappa shape index (κ1) is 17.2. The van der Waals surface area contributed by atoms with Gasteiger partial charge in [0.2, 0.25) is 16.8 Å². The summed E-state index contributed by atoms with van der Waals surface area (Å²) in [6.45, 7) is 0.278. The third-order valence-electron chi connectivity index (χ3n) is 3.62. The number of ether oxygens (including phenoxy) is 2. The maximum atomic E-state index is 12.3. The number of hydrogen-bond donors (Lipinski definition) is 2. The van der Waals surface area contributed by atoms with Crippen molar-refractivity contribution in [3.05, 3.63) is 52.5 Å². The van der Waals surface area contributed by atoms with Crippen LogP contribution < -0.4 is 14.2 Å². The normalized spacial score (nSPS) is 14.6. The molecule has 1 heterocycles. The van der Waals surface area contributed by atoms with Crippen molar-refractivity contribution >= 4 is 26.0 Å². The Morgan fingerprint density at radius 2 is 1.92 bits per heavy atom. The summed E-state index contributed by atoms with van der Waals surface area (Å²) in [4.78, 5) is 0.169. The summed E-state index contributed by atoms with van der Waals surface area (Å²) < 4.78 is 38.0. The van der Waals surface area contributed by atoms with Crippen LogP contribution in [0, 0.1) is 0 Å². The van der Waals surface area contributed by atoms with Gasteiger partial charge in [-0.2, -0.15) is 0 Å². The summed E-state index contributed by atoms with van der Waals surface area (Å²) in [5.74, 6) is 1.22. The molecule has 0 fully saturated rings. The predicted octanol–water partition coefficient (Wildman–Crippen LogP) is 2.58. The average molecular weight is 414 g/mol. The first-order valence-corrected chi connectivity index (χ1v) is 9.57. The lowest BCUT2D eigenvalue weighted by Gasteiger charge is -2.13. The molecule has 3 rings (SSSR count). The third kappa shape index (κ3) is 3.72. The highest BCUT2D eigenvalue weighted by Gasteiger charge is 2.19. The Kier molecular flexibility index (Phi) is 5.09. The highest BCUT2D eigenvalue weighted by Crippen LogP contribution is 2.34. The minimum atomic E-state index is -3.63. The Labute approximate surface area is 148 Å². The van der Waals surface area contributed by atoms with Crippen LogP contribution in [0.15, 0.2) is 51.8 Å². The summed E-state index contributed by atoms with van der Waals surface area (Å²) in [5, 5.41) is 10.2. The Morgan fingerprint density at radius 1 is 1.17 bits per heavy atom. The minimum absolute atomic E-state index is 0.110. The van der Waals surface area contributed by atoms with Crippen molar-refractivity contribution in [3.8, 4) is 11.5 Å². The number of aliphatic hydroxyl groups excluding tert-OH is 1. The van der Waals surface area contributed by atoms with Gasteiger partial charge in [-0.15, -0.1) is 0 Å². The molecule has 2 aromatic rings. The van der Waals surface area contributed by atoms with Crippen molar-refractivity contribution < 1.29 is 23.0 Å². The molecule has 0 aliphatic carbocycles. The highest BCUT2D eigenvalue weighted by atomic mass is 79.9. The van der Waals surface area contributed by atoms with E-state index in [1.807, 2.05) is 0 Å². The molecule has 2 aromatic carbocycles. The van der Waals surface area contributed by atoms with Crippen LogP contribution >= 0.6 is 15.9 Å². The van der Waals surface area contributed by atoms with Crippen molar-refractivity contribution in [3.63, 3.8) is 0 Å². The number of aliphatic hydroxyl groups is 1. The lowest BCUT2D eigenvalue weighted by Crippen LogP contribution is -2.26. The molecule has 0 amide bonds. The van der Waals surface area contributed by atoms with Gasteiger partial charge >= 0.3 is 0 Å². The van der Waals surface area contributed by atoms with E-state index in [2.05, 4.69) is 20.7 Å². The van der Waals surface area contributed by atoms with Gasteiger partial charge in [0.05, 0.1) is 11.0 Å². The smallest absolute Gasteiger partial charge is 0.241 e. The zero-order chi connectivity index (χ0) is 17.2. The fourth-order valence-corrected chi connectivity index (χ4v) is 4.41. The molecule has 6 nitrogen and oxygen atoms in total. The third-order valence-corrected chi connectivity index (χ3v) is 6.09. The van der Waals surface area contributed by atoms with Gasteiger partial charge in [-0.3, -0.25) is 0 Å². The summed E-state index contributed by atoms with van der Waals surface area (Å²) in [6, 6.07) is 11.7. The summed E-state index contributed by atoms with van der Waals surface area (Å²) in [7, 11) is -3.63. The number of fused-ring (bicyclic) bond motifs is 1. The monoisotopic (exact) mass is 413 g/mol. The van der Waals surface area contributed by atoms with E-state index < -0.39 is 16.1 Å². The van der Waals surface area contributed by atoms with E-state index in [1.165, 1.54) is 6.07 Å². The largest absolute Gasteiger partial charge is 0.454 e. The van der Waals surface area contributed by atoms with E-state index in [4.69, 9.17) is 9.47 Å². The van der Waals surface area contributed by atoms with Crippen molar-refractivity contribution in [2.24, 2.45) is 0 Å². The quantitative estimate of drug-likeness (QED) is 0.759. The number of halogens is 1. The Balaban J connectivity index is 1.61. The van der Waals surface area contributed by atoms with E-state index in [9.17, 15) is 13.5 Å². The van der Waals surface area contributed by atoms with Crippen LogP contribution in [0.1, 0.15) is 18.1 Å². The summed E-state index contributed by atoms with van der Waals surface area (Å²) in [5.41, 5.74) is 0.652. The van der Waals surface area contributed by atoms with Crippen LogP contribution in [-0.2, 0) is 10.0 Å².